The van der Waals surface area contributed by atoms with Crippen molar-refractivity contribution in [3.05, 3.63) is 35.6 Å². The number of piperidine rings is 1. The van der Waals surface area contributed by atoms with Gasteiger partial charge in [-0.2, -0.15) is 0 Å². The maximum Gasteiger partial charge on any atom is 0.303 e. The highest BCUT2D eigenvalue weighted by molar-refractivity contribution is 5.89. The van der Waals surface area contributed by atoms with E-state index in [4.69, 9.17) is 5.11 Å². The lowest BCUT2D eigenvalue weighted by Crippen LogP contribution is -2.49. The number of aliphatic carboxylic acids is 1. The van der Waals surface area contributed by atoms with Gasteiger partial charge in [0, 0.05) is 25.1 Å². The van der Waals surface area contributed by atoms with Crippen molar-refractivity contribution in [3.8, 4) is 0 Å². The monoisotopic (exact) mass is 347 g/mol. The standard InChI is InChI=1S/C20H26FNO3/c21-17-8-2-1-7-16(17)20(11-3-4-12-20)19(25)22-13-5-6-15(14-22)9-10-18(23)24/h1-2,7-8,15H,3-6,9-14H2,(H,23,24). The third-order valence-electron chi connectivity index (χ3n) is 5.83. The molecule has 0 aromatic heterocycles. The molecule has 1 aliphatic heterocycles. The molecule has 1 aliphatic carbocycles. The van der Waals surface area contributed by atoms with Crippen LogP contribution >= 0.6 is 0 Å². The van der Waals surface area contributed by atoms with Gasteiger partial charge in [-0.3, -0.25) is 9.59 Å². The number of carbonyl (C=O) groups is 2. The van der Waals surface area contributed by atoms with Crippen LogP contribution in [0.3, 0.4) is 0 Å². The van der Waals surface area contributed by atoms with Gasteiger partial charge >= 0.3 is 5.97 Å². The van der Waals surface area contributed by atoms with Crippen LogP contribution in [0.2, 0.25) is 0 Å². The number of nitrogens with zero attached hydrogens (tertiary/aromatic N) is 1. The van der Waals surface area contributed by atoms with Crippen molar-refractivity contribution in [1.82, 2.24) is 4.90 Å². The summed E-state index contributed by atoms with van der Waals surface area (Å²) in [7, 11) is 0. The normalized spacial score (nSPS) is 22.8. The van der Waals surface area contributed by atoms with E-state index in [0.717, 1.165) is 25.7 Å². The molecule has 25 heavy (non-hydrogen) atoms. The van der Waals surface area contributed by atoms with Crippen molar-refractivity contribution >= 4 is 11.9 Å². The van der Waals surface area contributed by atoms with Crippen LogP contribution in [-0.4, -0.2) is 35.0 Å². The average Bonchev–Trinajstić information content (AvgIpc) is 3.11. The molecule has 2 aliphatic rings. The molecule has 4 nitrogen and oxygen atoms in total. The summed E-state index contributed by atoms with van der Waals surface area (Å²) in [4.78, 5) is 26.1. The van der Waals surface area contributed by atoms with E-state index in [2.05, 4.69) is 0 Å². The quantitative estimate of drug-likeness (QED) is 0.883. The van der Waals surface area contributed by atoms with Crippen LogP contribution in [-0.2, 0) is 15.0 Å². The van der Waals surface area contributed by atoms with Crippen LogP contribution < -0.4 is 0 Å². The van der Waals surface area contributed by atoms with Gasteiger partial charge < -0.3 is 10.0 Å². The average molecular weight is 347 g/mol. The van der Waals surface area contributed by atoms with Gasteiger partial charge in [0.15, 0.2) is 0 Å². The number of likely N-dealkylation sites (tertiary alicyclic amines) is 1. The lowest BCUT2D eigenvalue weighted by atomic mass is 9.76. The molecule has 1 unspecified atom stereocenters. The first kappa shape index (κ1) is 17.9. The van der Waals surface area contributed by atoms with Gasteiger partial charge in [-0.25, -0.2) is 4.39 Å². The Bertz CT molecular complexity index is 640. The zero-order valence-electron chi connectivity index (χ0n) is 14.5. The Balaban J connectivity index is 1.79. The predicted molar refractivity (Wildman–Crippen MR) is 92.7 cm³/mol. The number of benzene rings is 1. The minimum absolute atomic E-state index is 0.0372. The van der Waals surface area contributed by atoms with Crippen molar-refractivity contribution in [3.63, 3.8) is 0 Å². The first-order chi connectivity index (χ1) is 12.0. The van der Waals surface area contributed by atoms with Crippen LogP contribution in [0.25, 0.3) is 0 Å². The largest absolute Gasteiger partial charge is 0.481 e. The van der Waals surface area contributed by atoms with E-state index < -0.39 is 11.4 Å². The number of carboxylic acid groups (broad SMARTS) is 1. The summed E-state index contributed by atoms with van der Waals surface area (Å²) in [6, 6.07) is 6.66. The SMILES string of the molecule is O=C(O)CCC1CCCN(C(=O)C2(c3ccccc3F)CCCC2)C1. The highest BCUT2D eigenvalue weighted by Crippen LogP contribution is 2.44. The summed E-state index contributed by atoms with van der Waals surface area (Å²) in [6.45, 7) is 1.29. The first-order valence-electron chi connectivity index (χ1n) is 9.29. The molecular formula is C20H26FNO3. The maximum absolute atomic E-state index is 14.5. The van der Waals surface area contributed by atoms with Gasteiger partial charge in [-0.15, -0.1) is 0 Å². The summed E-state index contributed by atoms with van der Waals surface area (Å²) < 4.78 is 14.5. The van der Waals surface area contributed by atoms with Gasteiger partial charge in [0.25, 0.3) is 0 Å². The number of carboxylic acids is 1. The fourth-order valence-electron chi connectivity index (χ4n) is 4.54. The summed E-state index contributed by atoms with van der Waals surface area (Å²) >= 11 is 0. The van der Waals surface area contributed by atoms with Gasteiger partial charge in [-0.05, 0) is 44.1 Å². The highest BCUT2D eigenvalue weighted by Gasteiger charge is 2.46. The van der Waals surface area contributed by atoms with Gasteiger partial charge in [-0.1, -0.05) is 31.0 Å². The number of rotatable bonds is 5. The number of amides is 1. The second kappa shape index (κ2) is 7.54. The van der Waals surface area contributed by atoms with Crippen LogP contribution in [0.4, 0.5) is 4.39 Å². The maximum atomic E-state index is 14.5. The Labute approximate surface area is 148 Å². The molecular weight excluding hydrogens is 321 g/mol. The molecule has 5 heteroatoms. The molecule has 0 bridgehead atoms. The molecule has 2 fully saturated rings. The van der Waals surface area contributed by atoms with E-state index in [1.54, 1.807) is 18.2 Å². The second-order valence-corrected chi connectivity index (χ2v) is 7.46. The van der Waals surface area contributed by atoms with Crippen molar-refractivity contribution in [2.75, 3.05) is 13.1 Å². The third kappa shape index (κ3) is 3.70. The van der Waals surface area contributed by atoms with Crippen molar-refractivity contribution in [1.29, 1.82) is 0 Å². The van der Waals surface area contributed by atoms with Crippen molar-refractivity contribution < 1.29 is 19.1 Å². The van der Waals surface area contributed by atoms with Crippen LogP contribution in [0.1, 0.15) is 56.9 Å². The van der Waals surface area contributed by atoms with E-state index in [1.807, 2.05) is 4.90 Å². The van der Waals surface area contributed by atoms with Gasteiger partial charge in [0.1, 0.15) is 5.82 Å². The van der Waals surface area contributed by atoms with Crippen LogP contribution in [0, 0.1) is 11.7 Å². The molecule has 0 radical (unpaired) electrons. The lowest BCUT2D eigenvalue weighted by molar-refractivity contribution is -0.139. The zero-order valence-corrected chi connectivity index (χ0v) is 14.5. The van der Waals surface area contributed by atoms with Crippen LogP contribution in [0.5, 0.6) is 0 Å². The van der Waals surface area contributed by atoms with E-state index in [9.17, 15) is 14.0 Å². The number of carbonyl (C=O) groups excluding carboxylic acids is 1. The Morgan fingerprint density at radius 3 is 2.60 bits per heavy atom. The molecule has 1 atom stereocenters. The summed E-state index contributed by atoms with van der Waals surface area (Å²) in [5.74, 6) is -0.817. The van der Waals surface area contributed by atoms with E-state index >= 15 is 0 Å². The smallest absolute Gasteiger partial charge is 0.303 e. The lowest BCUT2D eigenvalue weighted by Gasteiger charge is -2.39. The Morgan fingerprint density at radius 1 is 1.20 bits per heavy atom. The number of hydrogen-bond acceptors (Lipinski definition) is 2. The molecule has 1 saturated carbocycles. The first-order valence-corrected chi connectivity index (χ1v) is 9.29. The Hall–Kier alpha value is -1.91. The molecule has 3 rings (SSSR count). The number of halogens is 1. The predicted octanol–water partition coefficient (Wildman–Crippen LogP) is 3.74. The zero-order chi connectivity index (χ0) is 17.9. The van der Waals surface area contributed by atoms with E-state index in [1.165, 1.54) is 6.07 Å². The molecule has 1 N–H and O–H groups in total. The van der Waals surface area contributed by atoms with E-state index in [-0.39, 0.29) is 24.1 Å². The molecule has 1 saturated heterocycles. The topological polar surface area (TPSA) is 57.6 Å². The fraction of sp³-hybridized carbons (Fsp3) is 0.600. The molecule has 1 heterocycles. The molecule has 136 valence electrons. The fourth-order valence-corrected chi connectivity index (χ4v) is 4.54. The Morgan fingerprint density at radius 2 is 1.92 bits per heavy atom. The molecule has 1 amide bonds. The second-order valence-electron chi connectivity index (χ2n) is 7.46. The minimum atomic E-state index is -0.790. The minimum Gasteiger partial charge on any atom is -0.481 e. The van der Waals surface area contributed by atoms with Crippen molar-refractivity contribution in [2.24, 2.45) is 5.92 Å². The van der Waals surface area contributed by atoms with Crippen LogP contribution in [0.15, 0.2) is 24.3 Å². The molecule has 0 spiro atoms. The van der Waals surface area contributed by atoms with Gasteiger partial charge in [0.05, 0.1) is 5.41 Å². The summed E-state index contributed by atoms with van der Waals surface area (Å²) in [5.41, 5.74) is -0.204. The third-order valence-corrected chi connectivity index (χ3v) is 5.83. The number of hydrogen-bond donors (Lipinski definition) is 1. The van der Waals surface area contributed by atoms with Gasteiger partial charge in [0.2, 0.25) is 5.91 Å². The summed E-state index contributed by atoms with van der Waals surface area (Å²) in [5, 5.41) is 8.89. The summed E-state index contributed by atoms with van der Waals surface area (Å²) in [6.07, 6.45) is 5.88. The Kier molecular flexibility index (Phi) is 5.40. The van der Waals surface area contributed by atoms with E-state index in [0.29, 0.717) is 37.9 Å². The highest BCUT2D eigenvalue weighted by atomic mass is 19.1. The van der Waals surface area contributed by atoms with Crippen molar-refractivity contribution in [2.45, 2.75) is 56.8 Å². The molecule has 1 aromatic carbocycles. The molecule has 1 aromatic rings.